The summed E-state index contributed by atoms with van der Waals surface area (Å²) in [7, 11) is 0. The third-order valence-electron chi connectivity index (χ3n) is 4.22. The van der Waals surface area contributed by atoms with Crippen molar-refractivity contribution in [3.8, 4) is 0 Å². The molecule has 3 rings (SSSR count). The second-order valence-electron chi connectivity index (χ2n) is 5.96. The molecule has 128 valence electrons. The number of urea groups is 1. The lowest BCUT2D eigenvalue weighted by Gasteiger charge is -2.34. The van der Waals surface area contributed by atoms with Crippen LogP contribution in [0.3, 0.4) is 0 Å². The Morgan fingerprint density at radius 1 is 1.33 bits per heavy atom. The molecular formula is C18H23N3O3. The molecule has 0 aliphatic carbocycles. The van der Waals surface area contributed by atoms with Crippen LogP contribution in [0.1, 0.15) is 35.9 Å². The molecule has 1 N–H and O–H groups in total. The van der Waals surface area contributed by atoms with Crippen LogP contribution < -0.4 is 5.32 Å². The molecule has 1 aliphatic heterocycles. The number of aryl methyl sites for hydroxylation is 3. The van der Waals surface area contributed by atoms with Crippen molar-refractivity contribution in [2.45, 2.75) is 33.2 Å². The zero-order valence-electron chi connectivity index (χ0n) is 14.3. The largest absolute Gasteiger partial charge is 0.464 e. The van der Waals surface area contributed by atoms with Gasteiger partial charge in [-0.15, -0.1) is 0 Å². The van der Waals surface area contributed by atoms with Crippen molar-refractivity contribution in [1.82, 2.24) is 9.88 Å². The maximum Gasteiger partial charge on any atom is 0.322 e. The summed E-state index contributed by atoms with van der Waals surface area (Å²) in [5, 5.41) is 2.95. The lowest BCUT2D eigenvalue weighted by molar-refractivity contribution is 0.00701. The summed E-state index contributed by atoms with van der Waals surface area (Å²) in [6.45, 7) is 7.35. The molecule has 0 aromatic carbocycles. The standard InChI is InChI=1S/C18H23N3O3/c1-4-14-6-8-17(24-14)16-11-23-10-9-21(16)18(22)20-15-7-5-12(2)19-13(15)3/h5-8,16H,4,9-11H2,1-3H3,(H,20,22)/t16-/m0/s1. The van der Waals surface area contributed by atoms with E-state index in [1.54, 1.807) is 4.90 Å². The number of rotatable bonds is 3. The summed E-state index contributed by atoms with van der Waals surface area (Å²) in [6.07, 6.45) is 0.827. The smallest absolute Gasteiger partial charge is 0.322 e. The van der Waals surface area contributed by atoms with E-state index in [0.717, 1.165) is 35.0 Å². The molecule has 24 heavy (non-hydrogen) atoms. The summed E-state index contributed by atoms with van der Waals surface area (Å²) in [4.78, 5) is 18.9. The molecule has 0 unspecified atom stereocenters. The van der Waals surface area contributed by atoms with E-state index in [9.17, 15) is 4.79 Å². The van der Waals surface area contributed by atoms with Crippen LogP contribution in [0.25, 0.3) is 0 Å². The van der Waals surface area contributed by atoms with Gasteiger partial charge in [0.25, 0.3) is 0 Å². The van der Waals surface area contributed by atoms with Gasteiger partial charge in [-0.3, -0.25) is 4.98 Å². The van der Waals surface area contributed by atoms with E-state index < -0.39 is 0 Å². The van der Waals surface area contributed by atoms with Gasteiger partial charge in [0.2, 0.25) is 0 Å². The molecule has 1 atom stereocenters. The first kappa shape index (κ1) is 16.5. The fourth-order valence-corrected chi connectivity index (χ4v) is 2.85. The molecule has 0 bridgehead atoms. The van der Waals surface area contributed by atoms with Crippen LogP contribution in [0.4, 0.5) is 10.5 Å². The molecule has 3 heterocycles. The lowest BCUT2D eigenvalue weighted by atomic mass is 10.2. The summed E-state index contributed by atoms with van der Waals surface area (Å²) in [6, 6.07) is 7.28. The molecule has 1 saturated heterocycles. The number of morpholine rings is 1. The number of anilines is 1. The molecule has 1 fully saturated rings. The van der Waals surface area contributed by atoms with E-state index >= 15 is 0 Å². The van der Waals surface area contributed by atoms with Gasteiger partial charge in [0.1, 0.15) is 17.6 Å². The molecule has 0 spiro atoms. The molecule has 0 saturated carbocycles. The number of hydrogen-bond acceptors (Lipinski definition) is 4. The number of nitrogens with zero attached hydrogens (tertiary/aromatic N) is 2. The Morgan fingerprint density at radius 2 is 2.17 bits per heavy atom. The van der Waals surface area contributed by atoms with Gasteiger partial charge in [-0.2, -0.15) is 0 Å². The second kappa shape index (κ2) is 7.05. The monoisotopic (exact) mass is 329 g/mol. The van der Waals surface area contributed by atoms with E-state index in [2.05, 4.69) is 10.3 Å². The number of aromatic nitrogens is 1. The summed E-state index contributed by atoms with van der Waals surface area (Å²) < 4.78 is 11.4. The van der Waals surface area contributed by atoms with Crippen LogP contribution in [0.15, 0.2) is 28.7 Å². The maximum atomic E-state index is 12.8. The number of ether oxygens (including phenoxy) is 1. The zero-order valence-corrected chi connectivity index (χ0v) is 14.3. The topological polar surface area (TPSA) is 67.6 Å². The Labute approximate surface area is 141 Å². The van der Waals surface area contributed by atoms with Gasteiger partial charge in [-0.05, 0) is 38.1 Å². The first-order valence-electron chi connectivity index (χ1n) is 8.26. The lowest BCUT2D eigenvalue weighted by Crippen LogP contribution is -2.45. The highest BCUT2D eigenvalue weighted by molar-refractivity contribution is 5.90. The van der Waals surface area contributed by atoms with Crippen LogP contribution in [0.2, 0.25) is 0 Å². The fraction of sp³-hybridized carbons (Fsp3) is 0.444. The molecule has 1 aliphatic rings. The summed E-state index contributed by atoms with van der Waals surface area (Å²) >= 11 is 0. The minimum atomic E-state index is -0.210. The highest BCUT2D eigenvalue weighted by Crippen LogP contribution is 2.27. The van der Waals surface area contributed by atoms with Crippen LogP contribution >= 0.6 is 0 Å². The SMILES string of the molecule is CCc1ccc([C@@H]2COCCN2C(=O)Nc2ccc(C)nc2C)o1. The van der Waals surface area contributed by atoms with Gasteiger partial charge in [0, 0.05) is 18.7 Å². The molecule has 2 amide bonds. The van der Waals surface area contributed by atoms with Crippen LogP contribution in [0, 0.1) is 13.8 Å². The Bertz CT molecular complexity index is 726. The summed E-state index contributed by atoms with van der Waals surface area (Å²) in [5.41, 5.74) is 2.46. The van der Waals surface area contributed by atoms with E-state index in [4.69, 9.17) is 9.15 Å². The van der Waals surface area contributed by atoms with Gasteiger partial charge in [0.15, 0.2) is 0 Å². The number of carbonyl (C=O) groups excluding carboxylic acids is 1. The number of nitrogens with one attached hydrogen (secondary N) is 1. The number of hydrogen-bond donors (Lipinski definition) is 1. The predicted molar refractivity (Wildman–Crippen MR) is 91.1 cm³/mol. The average molecular weight is 329 g/mol. The normalized spacial score (nSPS) is 17.8. The molecule has 2 aromatic heterocycles. The Balaban J connectivity index is 1.78. The average Bonchev–Trinajstić information content (AvgIpc) is 3.06. The van der Waals surface area contributed by atoms with Gasteiger partial charge in [-0.25, -0.2) is 4.79 Å². The fourth-order valence-electron chi connectivity index (χ4n) is 2.85. The molecular weight excluding hydrogens is 306 g/mol. The third-order valence-corrected chi connectivity index (χ3v) is 4.22. The van der Waals surface area contributed by atoms with Gasteiger partial charge >= 0.3 is 6.03 Å². The van der Waals surface area contributed by atoms with Crippen molar-refractivity contribution in [1.29, 1.82) is 0 Å². The first-order chi connectivity index (χ1) is 11.6. The predicted octanol–water partition coefficient (Wildman–Crippen LogP) is 3.46. The minimum absolute atomic E-state index is 0.161. The van der Waals surface area contributed by atoms with Crippen molar-refractivity contribution in [3.05, 3.63) is 47.2 Å². The van der Waals surface area contributed by atoms with Crippen molar-refractivity contribution >= 4 is 11.7 Å². The molecule has 2 aromatic rings. The number of amides is 2. The van der Waals surface area contributed by atoms with Crippen molar-refractivity contribution < 1.29 is 13.9 Å². The zero-order chi connectivity index (χ0) is 17.1. The van der Waals surface area contributed by atoms with Gasteiger partial charge in [-0.1, -0.05) is 6.92 Å². The van der Waals surface area contributed by atoms with E-state index in [1.807, 2.05) is 45.0 Å². The maximum absolute atomic E-state index is 12.8. The Kier molecular flexibility index (Phi) is 4.85. The first-order valence-corrected chi connectivity index (χ1v) is 8.26. The Hall–Kier alpha value is -2.34. The van der Waals surface area contributed by atoms with E-state index in [1.165, 1.54) is 0 Å². The van der Waals surface area contributed by atoms with Gasteiger partial charge in [0.05, 0.1) is 24.6 Å². The highest BCUT2D eigenvalue weighted by Gasteiger charge is 2.31. The van der Waals surface area contributed by atoms with E-state index in [0.29, 0.717) is 19.8 Å². The van der Waals surface area contributed by atoms with E-state index in [-0.39, 0.29) is 12.1 Å². The summed E-state index contributed by atoms with van der Waals surface area (Å²) in [5.74, 6) is 1.68. The molecule has 6 nitrogen and oxygen atoms in total. The van der Waals surface area contributed by atoms with Crippen molar-refractivity contribution in [2.24, 2.45) is 0 Å². The number of furan rings is 1. The minimum Gasteiger partial charge on any atom is -0.464 e. The molecule has 6 heteroatoms. The third kappa shape index (κ3) is 3.43. The van der Waals surface area contributed by atoms with Crippen LogP contribution in [-0.4, -0.2) is 35.7 Å². The van der Waals surface area contributed by atoms with Crippen molar-refractivity contribution in [3.63, 3.8) is 0 Å². The quantitative estimate of drug-likeness (QED) is 0.936. The van der Waals surface area contributed by atoms with Crippen molar-refractivity contribution in [2.75, 3.05) is 25.1 Å². The van der Waals surface area contributed by atoms with Gasteiger partial charge < -0.3 is 19.4 Å². The molecule has 0 radical (unpaired) electrons. The van der Waals surface area contributed by atoms with Crippen LogP contribution in [-0.2, 0) is 11.2 Å². The Morgan fingerprint density at radius 3 is 2.88 bits per heavy atom. The number of pyridine rings is 1. The second-order valence-corrected chi connectivity index (χ2v) is 5.96. The number of carbonyl (C=O) groups is 1. The highest BCUT2D eigenvalue weighted by atomic mass is 16.5. The van der Waals surface area contributed by atoms with Crippen LogP contribution in [0.5, 0.6) is 0 Å².